The summed E-state index contributed by atoms with van der Waals surface area (Å²) in [5, 5.41) is 13.6. The van der Waals surface area contributed by atoms with Crippen molar-refractivity contribution in [3.05, 3.63) is 72.8 Å². The molecule has 0 saturated carbocycles. The molecule has 2 aromatic carbocycles. The van der Waals surface area contributed by atoms with Crippen LogP contribution in [0.2, 0.25) is 0 Å². The summed E-state index contributed by atoms with van der Waals surface area (Å²) in [5.41, 5.74) is 15.5. The molecule has 154 valence electrons. The summed E-state index contributed by atoms with van der Waals surface area (Å²) >= 11 is 0. The van der Waals surface area contributed by atoms with Gasteiger partial charge in [0.15, 0.2) is 0 Å². The first kappa shape index (κ1) is 20.7. The zero-order chi connectivity index (χ0) is 21.7. The maximum absolute atomic E-state index is 7.31. The lowest BCUT2D eigenvalue weighted by Gasteiger charge is -2.35. The van der Waals surface area contributed by atoms with Crippen molar-refractivity contribution < 1.29 is 4.74 Å². The van der Waals surface area contributed by atoms with Crippen LogP contribution in [-0.4, -0.2) is 21.8 Å². The SMILES string of the molecule is C=C1Nc2cc(N)ccc2OC1(C)C.N=Cc1c(N)cccc1Nc1ccncn1. The molecule has 0 spiro atoms. The van der Waals surface area contributed by atoms with Gasteiger partial charge in [-0.2, -0.15) is 0 Å². The monoisotopic (exact) mass is 403 g/mol. The van der Waals surface area contributed by atoms with E-state index in [1.807, 2.05) is 44.2 Å². The average molecular weight is 403 g/mol. The van der Waals surface area contributed by atoms with Crippen LogP contribution in [0.1, 0.15) is 19.4 Å². The normalized spacial score (nSPS) is 13.6. The molecule has 1 aliphatic rings. The molecule has 0 amide bonds. The number of anilines is 5. The Morgan fingerprint density at radius 2 is 2.00 bits per heavy atom. The van der Waals surface area contributed by atoms with Crippen molar-refractivity contribution in [2.45, 2.75) is 19.4 Å². The maximum Gasteiger partial charge on any atom is 0.144 e. The molecule has 0 unspecified atom stereocenters. The van der Waals surface area contributed by atoms with Gasteiger partial charge in [0.2, 0.25) is 0 Å². The molecule has 8 nitrogen and oxygen atoms in total. The predicted molar refractivity (Wildman–Crippen MR) is 122 cm³/mol. The quantitative estimate of drug-likeness (QED) is 0.327. The lowest BCUT2D eigenvalue weighted by atomic mass is 10.0. The van der Waals surface area contributed by atoms with Crippen LogP contribution in [0.5, 0.6) is 5.75 Å². The summed E-state index contributed by atoms with van der Waals surface area (Å²) in [6.07, 6.45) is 4.32. The molecular formula is C22H25N7O. The molecule has 1 aliphatic heterocycles. The lowest BCUT2D eigenvalue weighted by molar-refractivity contribution is 0.144. The Morgan fingerprint density at radius 1 is 1.20 bits per heavy atom. The predicted octanol–water partition coefficient (Wildman–Crippen LogP) is 4.17. The number of nitrogens with two attached hydrogens (primary N) is 2. The molecule has 3 aromatic rings. The van der Waals surface area contributed by atoms with Crippen molar-refractivity contribution in [3.8, 4) is 5.75 Å². The standard InChI is InChI=1S/C11H11N5.C11H14N2O/c12-6-8-9(13)2-1-3-10(8)16-11-4-5-14-7-15-11;1-7-11(2,3)14-10-5-4-8(12)6-9(10)13-7/h1-7,12H,13H2,(H,14,15,16);4-6,13H,1,12H2,2-3H3. The number of ether oxygens (including phenoxy) is 1. The summed E-state index contributed by atoms with van der Waals surface area (Å²) in [6, 6.07) is 12.7. The van der Waals surface area contributed by atoms with Crippen LogP contribution >= 0.6 is 0 Å². The fraction of sp³-hybridized carbons (Fsp3) is 0.136. The molecule has 0 aliphatic carbocycles. The summed E-state index contributed by atoms with van der Waals surface area (Å²) in [7, 11) is 0. The molecule has 0 radical (unpaired) electrons. The molecule has 2 heterocycles. The maximum atomic E-state index is 7.31. The first-order chi connectivity index (χ1) is 14.3. The van der Waals surface area contributed by atoms with Crippen LogP contribution in [0.25, 0.3) is 0 Å². The zero-order valence-electron chi connectivity index (χ0n) is 16.9. The van der Waals surface area contributed by atoms with Gasteiger partial charge in [-0.1, -0.05) is 12.6 Å². The smallest absolute Gasteiger partial charge is 0.144 e. The van der Waals surface area contributed by atoms with Crippen LogP contribution in [0, 0.1) is 5.41 Å². The van der Waals surface area contributed by atoms with Gasteiger partial charge in [0.25, 0.3) is 0 Å². The minimum absolute atomic E-state index is 0.372. The minimum Gasteiger partial charge on any atom is -0.479 e. The van der Waals surface area contributed by atoms with Gasteiger partial charge in [-0.05, 0) is 50.2 Å². The molecule has 30 heavy (non-hydrogen) atoms. The molecular weight excluding hydrogens is 378 g/mol. The van der Waals surface area contributed by atoms with Crippen LogP contribution in [0.3, 0.4) is 0 Å². The number of nitrogens with one attached hydrogen (secondary N) is 3. The fourth-order valence-corrected chi connectivity index (χ4v) is 2.74. The third-order valence-corrected chi connectivity index (χ3v) is 4.51. The third kappa shape index (κ3) is 4.67. The largest absolute Gasteiger partial charge is 0.479 e. The number of hydrogen-bond acceptors (Lipinski definition) is 8. The van der Waals surface area contributed by atoms with Crippen molar-refractivity contribution in [1.29, 1.82) is 5.41 Å². The van der Waals surface area contributed by atoms with Gasteiger partial charge in [0.1, 0.15) is 23.5 Å². The molecule has 1 aromatic heterocycles. The Morgan fingerprint density at radius 3 is 2.70 bits per heavy atom. The number of aromatic nitrogens is 2. The van der Waals surface area contributed by atoms with Crippen molar-refractivity contribution in [2.24, 2.45) is 0 Å². The first-order valence-corrected chi connectivity index (χ1v) is 9.27. The van der Waals surface area contributed by atoms with E-state index in [2.05, 4.69) is 27.2 Å². The minimum atomic E-state index is -0.372. The molecule has 0 fully saturated rings. The van der Waals surface area contributed by atoms with Crippen molar-refractivity contribution >= 4 is 34.8 Å². The molecule has 7 N–H and O–H groups in total. The van der Waals surface area contributed by atoms with E-state index in [0.717, 1.165) is 22.8 Å². The molecule has 0 saturated heterocycles. The Hall–Kier alpha value is -4.07. The Balaban J connectivity index is 0.000000172. The van der Waals surface area contributed by atoms with Crippen molar-refractivity contribution in [2.75, 3.05) is 22.1 Å². The van der Waals surface area contributed by atoms with Gasteiger partial charge < -0.3 is 32.2 Å². The van der Waals surface area contributed by atoms with E-state index >= 15 is 0 Å². The Kier molecular flexibility index (Phi) is 5.87. The van der Waals surface area contributed by atoms with Crippen molar-refractivity contribution in [3.63, 3.8) is 0 Å². The summed E-state index contributed by atoms with van der Waals surface area (Å²) in [5.74, 6) is 1.49. The van der Waals surface area contributed by atoms with Gasteiger partial charge in [0, 0.05) is 29.3 Å². The lowest BCUT2D eigenvalue weighted by Crippen LogP contribution is -2.37. The van der Waals surface area contributed by atoms with Crippen molar-refractivity contribution in [1.82, 2.24) is 9.97 Å². The van der Waals surface area contributed by atoms with E-state index in [1.165, 1.54) is 12.5 Å². The van der Waals surface area contributed by atoms with Crippen LogP contribution in [-0.2, 0) is 0 Å². The van der Waals surface area contributed by atoms with E-state index in [1.54, 1.807) is 18.3 Å². The zero-order valence-corrected chi connectivity index (χ0v) is 16.9. The summed E-state index contributed by atoms with van der Waals surface area (Å²) in [6.45, 7) is 7.87. The van der Waals surface area contributed by atoms with E-state index in [9.17, 15) is 0 Å². The number of hydrogen-bond donors (Lipinski definition) is 5. The number of nitrogens with zero attached hydrogens (tertiary/aromatic N) is 2. The Labute approximate surface area is 175 Å². The number of fused-ring (bicyclic) bond motifs is 1. The second-order valence-electron chi connectivity index (χ2n) is 7.14. The van der Waals surface area contributed by atoms with Crippen LogP contribution in [0.15, 0.2) is 67.3 Å². The highest BCUT2D eigenvalue weighted by atomic mass is 16.5. The average Bonchev–Trinajstić information content (AvgIpc) is 2.71. The van der Waals surface area contributed by atoms with E-state index < -0.39 is 0 Å². The van der Waals surface area contributed by atoms with E-state index in [0.29, 0.717) is 22.8 Å². The third-order valence-electron chi connectivity index (χ3n) is 4.51. The van der Waals surface area contributed by atoms with Gasteiger partial charge in [-0.25, -0.2) is 9.97 Å². The second kappa shape index (κ2) is 8.52. The summed E-state index contributed by atoms with van der Waals surface area (Å²) in [4.78, 5) is 7.87. The molecule has 4 rings (SSSR count). The second-order valence-corrected chi connectivity index (χ2v) is 7.14. The van der Waals surface area contributed by atoms with Crippen LogP contribution < -0.4 is 26.8 Å². The molecule has 0 bridgehead atoms. The summed E-state index contributed by atoms with van der Waals surface area (Å²) < 4.78 is 5.77. The highest BCUT2D eigenvalue weighted by molar-refractivity contribution is 5.93. The Bertz CT molecular complexity index is 1060. The number of nitrogen functional groups attached to an aromatic ring is 2. The molecule has 0 atom stereocenters. The molecule has 8 heteroatoms. The van der Waals surface area contributed by atoms with Crippen LogP contribution in [0.4, 0.5) is 28.6 Å². The topological polar surface area (TPSA) is 135 Å². The van der Waals surface area contributed by atoms with Gasteiger partial charge in [-0.15, -0.1) is 0 Å². The fourth-order valence-electron chi connectivity index (χ4n) is 2.74. The van der Waals surface area contributed by atoms with E-state index in [-0.39, 0.29) is 5.60 Å². The number of rotatable bonds is 3. The van der Waals surface area contributed by atoms with Gasteiger partial charge in [0.05, 0.1) is 17.1 Å². The van der Waals surface area contributed by atoms with E-state index in [4.69, 9.17) is 21.6 Å². The van der Waals surface area contributed by atoms with Gasteiger partial charge in [-0.3, -0.25) is 0 Å². The van der Waals surface area contributed by atoms with Gasteiger partial charge >= 0.3 is 0 Å². The first-order valence-electron chi connectivity index (χ1n) is 9.27. The highest BCUT2D eigenvalue weighted by Crippen LogP contribution is 2.37. The highest BCUT2D eigenvalue weighted by Gasteiger charge is 2.30. The number of benzene rings is 2.